The van der Waals surface area contributed by atoms with Crippen molar-refractivity contribution in [3.05, 3.63) is 32.4 Å². The highest BCUT2D eigenvalue weighted by Crippen LogP contribution is 2.26. The molecular formula is C17H17ClN4O5S2. The maximum atomic E-state index is 12.2. The predicted molar refractivity (Wildman–Crippen MR) is 108 cm³/mol. The predicted octanol–water partition coefficient (Wildman–Crippen LogP) is 1.97. The number of nitrogens with one attached hydrogen (secondary N) is 1. The summed E-state index contributed by atoms with van der Waals surface area (Å²) in [6.07, 6.45) is -0.984. The highest BCUT2D eigenvalue weighted by Gasteiger charge is 2.34. The molecule has 2 aliphatic heterocycles. The van der Waals surface area contributed by atoms with Gasteiger partial charge in [0.05, 0.1) is 41.1 Å². The average Bonchev–Trinajstić information content (AvgIpc) is 3.42. The van der Waals surface area contributed by atoms with Crippen LogP contribution in [0.2, 0.25) is 4.34 Å². The number of hydrogen-bond donors (Lipinski definition) is 1. The molecule has 0 spiro atoms. The molecule has 0 radical (unpaired) electrons. The van der Waals surface area contributed by atoms with Crippen molar-refractivity contribution in [3.63, 3.8) is 0 Å². The number of halogens is 1. The minimum Gasteiger partial charge on any atom is -0.442 e. The quantitative estimate of drug-likeness (QED) is 0.713. The topological polar surface area (TPSA) is 101 Å². The monoisotopic (exact) mass is 456 g/mol. The maximum absolute atomic E-state index is 12.2. The lowest BCUT2D eigenvalue weighted by Gasteiger charge is -2.25. The molecule has 12 heteroatoms. The number of thiazole rings is 1. The van der Waals surface area contributed by atoms with Gasteiger partial charge in [-0.3, -0.25) is 9.59 Å². The van der Waals surface area contributed by atoms with Crippen molar-refractivity contribution >= 4 is 57.3 Å². The summed E-state index contributed by atoms with van der Waals surface area (Å²) in [4.78, 5) is 44.2. The summed E-state index contributed by atoms with van der Waals surface area (Å²) < 4.78 is 11.0. The van der Waals surface area contributed by atoms with Gasteiger partial charge in [0.1, 0.15) is 12.7 Å². The molecule has 3 amide bonds. The van der Waals surface area contributed by atoms with E-state index in [-0.39, 0.29) is 31.5 Å². The Labute approximate surface area is 179 Å². The van der Waals surface area contributed by atoms with Gasteiger partial charge >= 0.3 is 6.09 Å². The van der Waals surface area contributed by atoms with E-state index in [0.717, 1.165) is 0 Å². The molecule has 9 nitrogen and oxygen atoms in total. The van der Waals surface area contributed by atoms with E-state index >= 15 is 0 Å². The number of carbonyl (C=O) groups is 3. The molecule has 4 heterocycles. The van der Waals surface area contributed by atoms with Gasteiger partial charge in [0, 0.05) is 11.9 Å². The lowest BCUT2D eigenvalue weighted by molar-refractivity contribution is -0.143. The van der Waals surface area contributed by atoms with Gasteiger partial charge < -0.3 is 19.7 Å². The van der Waals surface area contributed by atoms with E-state index in [4.69, 9.17) is 21.1 Å². The van der Waals surface area contributed by atoms with Gasteiger partial charge in [-0.25, -0.2) is 14.7 Å². The van der Waals surface area contributed by atoms with E-state index in [0.29, 0.717) is 39.7 Å². The van der Waals surface area contributed by atoms with Crippen LogP contribution in [-0.2, 0) is 20.8 Å². The first kappa shape index (κ1) is 20.1. The van der Waals surface area contributed by atoms with Crippen molar-refractivity contribution in [2.75, 3.05) is 37.7 Å². The van der Waals surface area contributed by atoms with Gasteiger partial charge in [-0.05, 0) is 12.1 Å². The third kappa shape index (κ3) is 4.69. The first-order valence-corrected chi connectivity index (χ1v) is 10.9. The van der Waals surface area contributed by atoms with E-state index in [1.807, 2.05) is 5.38 Å². The van der Waals surface area contributed by atoms with E-state index < -0.39 is 12.2 Å². The van der Waals surface area contributed by atoms with Gasteiger partial charge in [-0.1, -0.05) is 11.6 Å². The molecule has 0 saturated carbocycles. The molecule has 2 fully saturated rings. The fourth-order valence-corrected chi connectivity index (χ4v) is 4.69. The van der Waals surface area contributed by atoms with Crippen LogP contribution < -0.4 is 10.2 Å². The molecule has 1 atom stereocenters. The molecule has 29 heavy (non-hydrogen) atoms. The first-order valence-electron chi connectivity index (χ1n) is 8.81. The number of anilines is 1. The van der Waals surface area contributed by atoms with Gasteiger partial charge in [-0.15, -0.1) is 22.7 Å². The summed E-state index contributed by atoms with van der Waals surface area (Å²) in [6.45, 7) is 1.97. The summed E-state index contributed by atoms with van der Waals surface area (Å²) in [7, 11) is 0. The van der Waals surface area contributed by atoms with Crippen LogP contribution in [0.25, 0.3) is 0 Å². The van der Waals surface area contributed by atoms with Crippen molar-refractivity contribution in [2.45, 2.75) is 12.6 Å². The summed E-state index contributed by atoms with van der Waals surface area (Å²) in [6, 6.07) is 3.30. The van der Waals surface area contributed by atoms with Gasteiger partial charge in [0.25, 0.3) is 5.91 Å². The van der Waals surface area contributed by atoms with Crippen LogP contribution in [0.5, 0.6) is 0 Å². The van der Waals surface area contributed by atoms with Gasteiger partial charge in [-0.2, -0.15) is 0 Å². The first-order chi connectivity index (χ1) is 14.0. The maximum Gasteiger partial charge on any atom is 0.416 e. The Morgan fingerprint density at radius 1 is 1.38 bits per heavy atom. The largest absolute Gasteiger partial charge is 0.442 e. The third-order valence-corrected chi connectivity index (χ3v) is 6.51. The molecule has 2 aromatic heterocycles. The van der Waals surface area contributed by atoms with E-state index in [1.165, 1.54) is 27.6 Å². The lowest BCUT2D eigenvalue weighted by atomic mass is 10.3. The second-order valence-corrected chi connectivity index (χ2v) is 8.97. The van der Waals surface area contributed by atoms with Crippen molar-refractivity contribution in [1.82, 2.24) is 15.2 Å². The molecular weight excluding hydrogens is 440 g/mol. The summed E-state index contributed by atoms with van der Waals surface area (Å²) in [5.74, 6) is -0.336. The second kappa shape index (κ2) is 8.66. The van der Waals surface area contributed by atoms with E-state index in [2.05, 4.69) is 10.3 Å². The number of cyclic esters (lactones) is 1. The number of rotatable bonds is 6. The highest BCUT2D eigenvalue weighted by atomic mass is 35.5. The molecule has 0 unspecified atom stereocenters. The van der Waals surface area contributed by atoms with Crippen molar-refractivity contribution < 1.29 is 23.9 Å². The number of thiophene rings is 1. The Kier molecular flexibility index (Phi) is 5.99. The zero-order valence-electron chi connectivity index (χ0n) is 15.1. The Morgan fingerprint density at radius 2 is 2.24 bits per heavy atom. The number of aromatic nitrogens is 1. The van der Waals surface area contributed by atoms with Crippen LogP contribution in [0, 0.1) is 0 Å². The molecule has 0 aliphatic carbocycles. The Morgan fingerprint density at radius 3 is 3.00 bits per heavy atom. The van der Waals surface area contributed by atoms with Crippen molar-refractivity contribution in [2.24, 2.45) is 0 Å². The molecule has 1 N–H and O–H groups in total. The molecule has 2 saturated heterocycles. The van der Waals surface area contributed by atoms with Gasteiger partial charge in [0.2, 0.25) is 5.91 Å². The molecule has 154 valence electrons. The van der Waals surface area contributed by atoms with Gasteiger partial charge in [0.15, 0.2) is 5.13 Å². The highest BCUT2D eigenvalue weighted by molar-refractivity contribution is 7.18. The van der Waals surface area contributed by atoms with Crippen LogP contribution in [0.4, 0.5) is 9.93 Å². The number of ether oxygens (including phenoxy) is 2. The SMILES string of the molecule is O=C(NC[C@H]1CN(c2nc(CN3CCOCC3=O)cs2)C(=O)O1)c1ccc(Cl)s1. The summed E-state index contributed by atoms with van der Waals surface area (Å²) in [5, 5.41) is 5.07. The summed E-state index contributed by atoms with van der Waals surface area (Å²) >= 11 is 8.33. The number of amides is 3. The molecule has 0 bridgehead atoms. The zero-order chi connectivity index (χ0) is 20.4. The number of nitrogens with zero attached hydrogens (tertiary/aromatic N) is 3. The molecule has 4 rings (SSSR count). The Balaban J connectivity index is 1.31. The Hall–Kier alpha value is -2.21. The normalized spacial score (nSPS) is 19.6. The average molecular weight is 457 g/mol. The molecule has 2 aliphatic rings. The number of carbonyl (C=O) groups excluding carboxylic acids is 3. The minimum absolute atomic E-state index is 0.0748. The van der Waals surface area contributed by atoms with Crippen LogP contribution in [0.3, 0.4) is 0 Å². The zero-order valence-corrected chi connectivity index (χ0v) is 17.5. The fourth-order valence-electron chi connectivity index (χ4n) is 2.92. The Bertz CT molecular complexity index is 933. The smallest absolute Gasteiger partial charge is 0.416 e. The van der Waals surface area contributed by atoms with Crippen LogP contribution in [0.1, 0.15) is 15.4 Å². The van der Waals surface area contributed by atoms with Crippen molar-refractivity contribution in [3.8, 4) is 0 Å². The third-order valence-electron chi connectivity index (χ3n) is 4.37. The van der Waals surface area contributed by atoms with Crippen LogP contribution in [0.15, 0.2) is 17.5 Å². The van der Waals surface area contributed by atoms with Crippen LogP contribution in [-0.4, -0.2) is 66.7 Å². The lowest BCUT2D eigenvalue weighted by Crippen LogP contribution is -2.41. The van der Waals surface area contributed by atoms with Crippen molar-refractivity contribution in [1.29, 1.82) is 0 Å². The van der Waals surface area contributed by atoms with E-state index in [1.54, 1.807) is 17.0 Å². The van der Waals surface area contributed by atoms with E-state index in [9.17, 15) is 14.4 Å². The second-order valence-electron chi connectivity index (χ2n) is 6.42. The molecule has 2 aromatic rings. The summed E-state index contributed by atoms with van der Waals surface area (Å²) in [5.41, 5.74) is 0.708. The minimum atomic E-state index is -0.508. The standard InChI is InChI=1S/C17H17ClN4O5S2/c18-13-2-1-12(29-13)15(24)19-5-11-7-22(17(25)27-11)16-20-10(9-28-16)6-21-3-4-26-8-14(21)23/h1-2,9,11H,3-8H2,(H,19,24)/t11-/m0/s1. The number of hydrogen-bond acceptors (Lipinski definition) is 8. The molecule has 0 aromatic carbocycles. The fraction of sp³-hybridized carbons (Fsp3) is 0.412. The number of morpholine rings is 1. The van der Waals surface area contributed by atoms with Crippen LogP contribution >= 0.6 is 34.3 Å².